The van der Waals surface area contributed by atoms with Gasteiger partial charge in [-0.25, -0.2) is 9.59 Å². The van der Waals surface area contributed by atoms with Crippen molar-refractivity contribution in [3.8, 4) is 12.3 Å². The molecular formula is C8H9NO4. The number of nitrogens with zero attached hydrogens (tertiary/aromatic N) is 1. The van der Waals surface area contributed by atoms with Crippen molar-refractivity contribution in [3.05, 3.63) is 0 Å². The number of hydrogen-bond donors (Lipinski definition) is 2. The number of rotatable bonds is 1. The molecule has 0 saturated carbocycles. The number of aliphatic carboxylic acids is 1. The molecule has 0 radical (unpaired) electrons. The number of likely N-dealkylation sites (tertiary alicyclic amines) is 1. The molecule has 0 aromatic heterocycles. The van der Waals surface area contributed by atoms with Gasteiger partial charge in [0.25, 0.3) is 0 Å². The third-order valence-corrected chi connectivity index (χ3v) is 2.08. The van der Waals surface area contributed by atoms with Crippen molar-refractivity contribution in [2.75, 3.05) is 0 Å². The highest BCUT2D eigenvalue weighted by Gasteiger charge is 2.40. The third kappa shape index (κ3) is 1.56. The molecule has 1 rings (SSSR count). The maximum Gasteiger partial charge on any atom is 0.409 e. The Morgan fingerprint density at radius 2 is 2.00 bits per heavy atom. The second kappa shape index (κ2) is 3.35. The van der Waals surface area contributed by atoms with Crippen molar-refractivity contribution in [3.63, 3.8) is 0 Å². The summed E-state index contributed by atoms with van der Waals surface area (Å²) in [6.45, 7) is 0. The zero-order valence-electron chi connectivity index (χ0n) is 6.80. The first-order chi connectivity index (χ1) is 6.07. The molecule has 1 saturated heterocycles. The molecule has 0 unspecified atom stereocenters. The van der Waals surface area contributed by atoms with Crippen molar-refractivity contribution in [2.45, 2.75) is 24.9 Å². The lowest BCUT2D eigenvalue weighted by atomic mass is 10.2. The lowest BCUT2D eigenvalue weighted by molar-refractivity contribution is -0.141. The summed E-state index contributed by atoms with van der Waals surface area (Å²) in [7, 11) is 0. The van der Waals surface area contributed by atoms with Crippen LogP contribution in [-0.4, -0.2) is 39.3 Å². The number of terminal acetylenes is 1. The number of carbonyl (C=O) groups is 2. The van der Waals surface area contributed by atoms with Gasteiger partial charge in [0.05, 0.1) is 6.04 Å². The molecule has 0 bridgehead atoms. The van der Waals surface area contributed by atoms with Gasteiger partial charge in [-0.15, -0.1) is 6.42 Å². The highest BCUT2D eigenvalue weighted by Crippen LogP contribution is 2.23. The largest absolute Gasteiger partial charge is 0.480 e. The lowest BCUT2D eigenvalue weighted by Gasteiger charge is -2.21. The van der Waals surface area contributed by atoms with Gasteiger partial charge in [0.1, 0.15) is 6.04 Å². The molecule has 5 nitrogen and oxygen atoms in total. The fourth-order valence-corrected chi connectivity index (χ4v) is 1.48. The van der Waals surface area contributed by atoms with Crippen LogP contribution in [0.15, 0.2) is 0 Å². The summed E-state index contributed by atoms with van der Waals surface area (Å²) < 4.78 is 0. The fraction of sp³-hybridized carbons (Fsp3) is 0.500. The Balaban J connectivity index is 2.86. The molecule has 0 spiro atoms. The van der Waals surface area contributed by atoms with Gasteiger partial charge in [-0.3, -0.25) is 4.90 Å². The van der Waals surface area contributed by atoms with E-state index in [1.807, 2.05) is 0 Å². The topological polar surface area (TPSA) is 77.8 Å². The average molecular weight is 183 g/mol. The predicted octanol–water partition coefficient (Wildman–Crippen LogP) is 0.215. The Labute approximate surface area is 75.0 Å². The third-order valence-electron chi connectivity index (χ3n) is 2.08. The zero-order chi connectivity index (χ0) is 10.0. The van der Waals surface area contributed by atoms with Crippen LogP contribution < -0.4 is 0 Å². The highest BCUT2D eigenvalue weighted by molar-refractivity contribution is 5.80. The number of carboxylic acids is 1. The number of amides is 1. The summed E-state index contributed by atoms with van der Waals surface area (Å²) in [6.07, 6.45) is 4.51. The van der Waals surface area contributed by atoms with E-state index < -0.39 is 24.1 Å². The first kappa shape index (κ1) is 9.39. The number of hydrogen-bond acceptors (Lipinski definition) is 2. The maximum atomic E-state index is 10.7. The van der Waals surface area contributed by atoms with E-state index in [-0.39, 0.29) is 6.42 Å². The SMILES string of the molecule is C#C[C@H]1CC[C@@H](C(=O)O)N1C(=O)O. The van der Waals surface area contributed by atoms with E-state index in [0.29, 0.717) is 6.42 Å². The van der Waals surface area contributed by atoms with Crippen LogP contribution in [0.1, 0.15) is 12.8 Å². The standard InChI is InChI=1S/C8H9NO4/c1-2-5-3-4-6(7(10)11)9(5)8(12)13/h1,5-6H,3-4H2,(H,10,11)(H,12,13)/t5-,6-/m0/s1. The van der Waals surface area contributed by atoms with Gasteiger partial charge in [0.15, 0.2) is 0 Å². The first-order valence-electron chi connectivity index (χ1n) is 3.78. The molecule has 2 N–H and O–H groups in total. The van der Waals surface area contributed by atoms with E-state index in [9.17, 15) is 9.59 Å². The molecule has 0 aromatic rings. The summed E-state index contributed by atoms with van der Waals surface area (Å²) in [5.74, 6) is 1.12. The molecule has 2 atom stereocenters. The van der Waals surface area contributed by atoms with Crippen LogP contribution in [0, 0.1) is 12.3 Å². The second-order valence-electron chi connectivity index (χ2n) is 2.80. The van der Waals surface area contributed by atoms with Crippen LogP contribution in [0.2, 0.25) is 0 Å². The van der Waals surface area contributed by atoms with E-state index in [2.05, 4.69) is 5.92 Å². The van der Waals surface area contributed by atoms with Crippen molar-refractivity contribution in [1.82, 2.24) is 4.90 Å². The minimum atomic E-state index is -1.27. The minimum Gasteiger partial charge on any atom is -0.480 e. The number of carboxylic acid groups (broad SMARTS) is 2. The van der Waals surface area contributed by atoms with E-state index in [4.69, 9.17) is 16.6 Å². The van der Waals surface area contributed by atoms with E-state index in [1.54, 1.807) is 0 Å². The van der Waals surface area contributed by atoms with E-state index >= 15 is 0 Å². The normalized spacial score (nSPS) is 26.8. The van der Waals surface area contributed by atoms with Crippen LogP contribution in [0.4, 0.5) is 4.79 Å². The Morgan fingerprint density at radius 3 is 2.38 bits per heavy atom. The van der Waals surface area contributed by atoms with Gasteiger partial charge >= 0.3 is 12.1 Å². The van der Waals surface area contributed by atoms with Crippen molar-refractivity contribution in [1.29, 1.82) is 0 Å². The van der Waals surface area contributed by atoms with Crippen molar-refractivity contribution >= 4 is 12.1 Å². The van der Waals surface area contributed by atoms with Crippen molar-refractivity contribution in [2.24, 2.45) is 0 Å². The maximum absolute atomic E-state index is 10.7. The molecule has 1 heterocycles. The van der Waals surface area contributed by atoms with Crippen LogP contribution in [0.25, 0.3) is 0 Å². The summed E-state index contributed by atoms with van der Waals surface area (Å²) in [4.78, 5) is 22.1. The van der Waals surface area contributed by atoms with Crippen molar-refractivity contribution < 1.29 is 19.8 Å². The van der Waals surface area contributed by atoms with Gasteiger partial charge in [-0.1, -0.05) is 5.92 Å². The Morgan fingerprint density at radius 1 is 1.38 bits per heavy atom. The molecule has 70 valence electrons. The molecule has 13 heavy (non-hydrogen) atoms. The molecule has 1 amide bonds. The predicted molar refractivity (Wildman–Crippen MR) is 43.1 cm³/mol. The van der Waals surface area contributed by atoms with E-state index in [1.165, 1.54) is 0 Å². The molecule has 1 fully saturated rings. The van der Waals surface area contributed by atoms with Gasteiger partial charge in [-0.2, -0.15) is 0 Å². The molecular weight excluding hydrogens is 174 g/mol. The highest BCUT2D eigenvalue weighted by atomic mass is 16.4. The summed E-state index contributed by atoms with van der Waals surface area (Å²) in [5, 5.41) is 17.4. The van der Waals surface area contributed by atoms with Crippen LogP contribution in [-0.2, 0) is 4.79 Å². The smallest absolute Gasteiger partial charge is 0.409 e. The Kier molecular flexibility index (Phi) is 2.42. The Hall–Kier alpha value is -1.70. The average Bonchev–Trinajstić information content (AvgIpc) is 2.46. The fourth-order valence-electron chi connectivity index (χ4n) is 1.48. The Bertz CT molecular complexity index is 280. The second-order valence-corrected chi connectivity index (χ2v) is 2.80. The van der Waals surface area contributed by atoms with Gasteiger partial charge in [0.2, 0.25) is 0 Å². The van der Waals surface area contributed by atoms with Gasteiger partial charge in [-0.05, 0) is 12.8 Å². The first-order valence-corrected chi connectivity index (χ1v) is 3.78. The summed E-state index contributed by atoms with van der Waals surface area (Å²) in [5.41, 5.74) is 0. The molecule has 1 aliphatic rings. The van der Waals surface area contributed by atoms with Gasteiger partial charge < -0.3 is 10.2 Å². The summed E-state index contributed by atoms with van der Waals surface area (Å²) in [6, 6.07) is -1.59. The molecule has 1 aliphatic heterocycles. The van der Waals surface area contributed by atoms with Gasteiger partial charge in [0, 0.05) is 0 Å². The molecule has 5 heteroatoms. The minimum absolute atomic E-state index is 0.288. The summed E-state index contributed by atoms with van der Waals surface area (Å²) >= 11 is 0. The molecule has 0 aromatic carbocycles. The van der Waals surface area contributed by atoms with Crippen LogP contribution in [0.5, 0.6) is 0 Å². The quantitative estimate of drug-likeness (QED) is 0.570. The van der Waals surface area contributed by atoms with Crippen LogP contribution >= 0.6 is 0 Å². The van der Waals surface area contributed by atoms with E-state index in [0.717, 1.165) is 4.90 Å². The lowest BCUT2D eigenvalue weighted by Crippen LogP contribution is -2.43. The zero-order valence-corrected chi connectivity index (χ0v) is 6.80. The monoisotopic (exact) mass is 183 g/mol. The van der Waals surface area contributed by atoms with Crippen LogP contribution in [0.3, 0.4) is 0 Å². The molecule has 0 aliphatic carbocycles.